The standard InChI is InChI=1S/C25H40N4O5S/c1-20-7-8-23-22(17-20)21(9-10-26(4)5)18-29(23)35(31,32)34-19-25(2,3)24(30)33-16-15-28-13-11-27(6)12-14-28/h7-8,17-18H,9-16,19H2,1-6H3. The fourth-order valence-corrected chi connectivity index (χ4v) is 5.19. The van der Waals surface area contributed by atoms with Crippen LogP contribution in [0.4, 0.5) is 0 Å². The van der Waals surface area contributed by atoms with Gasteiger partial charge in [-0.15, -0.1) is 0 Å². The number of esters is 1. The molecule has 1 aliphatic rings. The lowest BCUT2D eigenvalue weighted by molar-refractivity contribution is -0.156. The van der Waals surface area contributed by atoms with E-state index in [1.807, 2.05) is 33.2 Å². The van der Waals surface area contributed by atoms with Gasteiger partial charge in [-0.3, -0.25) is 13.9 Å². The monoisotopic (exact) mass is 508 g/mol. The number of nitrogens with zero attached hydrogens (tertiary/aromatic N) is 4. The third kappa shape index (κ3) is 7.27. The summed E-state index contributed by atoms with van der Waals surface area (Å²) >= 11 is 0. The molecule has 0 aliphatic carbocycles. The number of aromatic nitrogens is 1. The zero-order chi connectivity index (χ0) is 25.8. The topological polar surface area (TPSA) is 84.3 Å². The summed E-state index contributed by atoms with van der Waals surface area (Å²) in [6, 6.07) is 5.67. The van der Waals surface area contributed by atoms with Gasteiger partial charge < -0.3 is 14.5 Å². The molecule has 0 amide bonds. The molecule has 35 heavy (non-hydrogen) atoms. The summed E-state index contributed by atoms with van der Waals surface area (Å²) in [5.74, 6) is -0.471. The number of carbonyl (C=O) groups excluding carboxylic acids is 1. The minimum absolute atomic E-state index is 0.273. The lowest BCUT2D eigenvalue weighted by atomic mass is 9.95. The van der Waals surface area contributed by atoms with Gasteiger partial charge >= 0.3 is 16.3 Å². The van der Waals surface area contributed by atoms with E-state index in [0.717, 1.165) is 49.2 Å². The Morgan fingerprint density at radius 1 is 1.14 bits per heavy atom. The Hall–Kier alpha value is -1.98. The van der Waals surface area contributed by atoms with Crippen LogP contribution in [0.1, 0.15) is 25.0 Å². The van der Waals surface area contributed by atoms with Gasteiger partial charge in [0.05, 0.1) is 17.5 Å². The summed E-state index contributed by atoms with van der Waals surface area (Å²) in [5, 5.41) is 0.890. The summed E-state index contributed by atoms with van der Waals surface area (Å²) in [4.78, 5) is 19.3. The van der Waals surface area contributed by atoms with Crippen molar-refractivity contribution in [1.82, 2.24) is 18.7 Å². The number of hydrogen-bond acceptors (Lipinski definition) is 8. The molecule has 1 aliphatic heterocycles. The number of likely N-dealkylation sites (N-methyl/N-ethyl adjacent to an activating group) is 2. The van der Waals surface area contributed by atoms with E-state index >= 15 is 0 Å². The molecule has 0 radical (unpaired) electrons. The van der Waals surface area contributed by atoms with Gasteiger partial charge in [-0.25, -0.2) is 3.97 Å². The minimum atomic E-state index is -4.14. The van der Waals surface area contributed by atoms with Crippen LogP contribution in [0.3, 0.4) is 0 Å². The third-order valence-electron chi connectivity index (χ3n) is 6.44. The molecule has 1 aromatic carbocycles. The molecule has 3 rings (SSSR count). The van der Waals surface area contributed by atoms with Crippen LogP contribution in [0.5, 0.6) is 0 Å². The Morgan fingerprint density at radius 3 is 2.49 bits per heavy atom. The largest absolute Gasteiger partial charge is 0.464 e. The van der Waals surface area contributed by atoms with Gasteiger partial charge in [-0.1, -0.05) is 11.6 Å². The SMILES string of the molecule is Cc1ccc2c(c1)c(CCN(C)C)cn2S(=O)(=O)OCC(C)(C)C(=O)OCCN1CCN(C)CC1. The van der Waals surface area contributed by atoms with E-state index in [1.165, 1.54) is 3.97 Å². The van der Waals surface area contributed by atoms with Gasteiger partial charge in [0.1, 0.15) is 6.61 Å². The molecule has 10 heteroatoms. The second-order valence-electron chi connectivity index (χ2n) is 10.4. The zero-order valence-electron chi connectivity index (χ0n) is 21.9. The Kier molecular flexibility index (Phi) is 8.98. The minimum Gasteiger partial charge on any atom is -0.464 e. The van der Waals surface area contributed by atoms with Crippen LogP contribution in [0.15, 0.2) is 24.4 Å². The average molecular weight is 509 g/mol. The van der Waals surface area contributed by atoms with Gasteiger partial charge in [0.15, 0.2) is 0 Å². The number of ether oxygens (including phenoxy) is 1. The van der Waals surface area contributed by atoms with Gasteiger partial charge in [0.2, 0.25) is 0 Å². The highest BCUT2D eigenvalue weighted by molar-refractivity contribution is 7.85. The van der Waals surface area contributed by atoms with E-state index < -0.39 is 21.7 Å². The fraction of sp³-hybridized carbons (Fsp3) is 0.640. The van der Waals surface area contributed by atoms with E-state index in [9.17, 15) is 13.2 Å². The van der Waals surface area contributed by atoms with Crippen molar-refractivity contribution in [2.45, 2.75) is 27.2 Å². The normalized spacial score (nSPS) is 16.3. The van der Waals surface area contributed by atoms with Gasteiger partial charge in [-0.2, -0.15) is 8.42 Å². The second-order valence-corrected chi connectivity index (χ2v) is 11.9. The lowest BCUT2D eigenvalue weighted by Crippen LogP contribution is -2.46. The van der Waals surface area contributed by atoms with Crippen LogP contribution in [-0.2, 0) is 30.4 Å². The molecule has 0 unspecified atom stereocenters. The number of aryl methyl sites for hydroxylation is 1. The van der Waals surface area contributed by atoms with Crippen molar-refractivity contribution >= 4 is 27.2 Å². The molecule has 0 bridgehead atoms. The van der Waals surface area contributed by atoms with Crippen molar-refractivity contribution in [3.8, 4) is 0 Å². The van der Waals surface area contributed by atoms with E-state index in [-0.39, 0.29) is 13.2 Å². The molecule has 0 saturated carbocycles. The summed E-state index contributed by atoms with van der Waals surface area (Å²) in [6.07, 6.45) is 2.34. The van der Waals surface area contributed by atoms with E-state index in [4.69, 9.17) is 8.92 Å². The highest BCUT2D eigenvalue weighted by atomic mass is 32.2. The van der Waals surface area contributed by atoms with Gasteiger partial charge in [0.25, 0.3) is 0 Å². The molecule has 196 valence electrons. The molecule has 1 fully saturated rings. The number of rotatable bonds is 11. The zero-order valence-corrected chi connectivity index (χ0v) is 22.7. The van der Waals surface area contributed by atoms with Gasteiger partial charge in [0, 0.05) is 50.9 Å². The molecular formula is C25H40N4O5S. The summed E-state index contributed by atoms with van der Waals surface area (Å²) in [6.45, 7) is 10.6. The van der Waals surface area contributed by atoms with Crippen LogP contribution in [0.25, 0.3) is 10.9 Å². The molecule has 0 atom stereocenters. The van der Waals surface area contributed by atoms with Gasteiger partial charge in [-0.05, 0) is 66.0 Å². The van der Waals surface area contributed by atoms with E-state index in [2.05, 4.69) is 21.7 Å². The predicted molar refractivity (Wildman–Crippen MR) is 138 cm³/mol. The Labute approximate surface area is 209 Å². The Bertz CT molecular complexity index is 1120. The lowest BCUT2D eigenvalue weighted by Gasteiger charge is -2.32. The van der Waals surface area contributed by atoms with E-state index in [0.29, 0.717) is 18.5 Å². The van der Waals surface area contributed by atoms with Crippen LogP contribution in [0, 0.1) is 12.3 Å². The average Bonchev–Trinajstić information content (AvgIpc) is 3.16. The third-order valence-corrected chi connectivity index (χ3v) is 7.64. The highest BCUT2D eigenvalue weighted by Gasteiger charge is 2.33. The molecule has 2 heterocycles. The number of benzene rings is 1. The fourth-order valence-electron chi connectivity index (χ4n) is 3.98. The van der Waals surface area contributed by atoms with Crippen LogP contribution >= 0.6 is 0 Å². The summed E-state index contributed by atoms with van der Waals surface area (Å²) < 4.78 is 38.4. The van der Waals surface area contributed by atoms with Crippen LogP contribution in [-0.4, -0.2) is 107 Å². The second kappa shape index (κ2) is 11.4. The van der Waals surface area contributed by atoms with Crippen molar-refractivity contribution in [2.24, 2.45) is 5.41 Å². The molecule has 2 aromatic rings. The molecule has 0 N–H and O–H groups in total. The number of piperazine rings is 1. The number of carbonyl (C=O) groups is 1. The first-order valence-electron chi connectivity index (χ1n) is 12.1. The van der Waals surface area contributed by atoms with Crippen molar-refractivity contribution < 1.29 is 22.1 Å². The van der Waals surface area contributed by atoms with Crippen molar-refractivity contribution in [3.63, 3.8) is 0 Å². The highest BCUT2D eigenvalue weighted by Crippen LogP contribution is 2.27. The number of hydrogen-bond donors (Lipinski definition) is 0. The summed E-state index contributed by atoms with van der Waals surface area (Å²) in [7, 11) is 1.91. The molecule has 0 spiro atoms. The molecule has 9 nitrogen and oxygen atoms in total. The van der Waals surface area contributed by atoms with Crippen LogP contribution < -0.4 is 0 Å². The van der Waals surface area contributed by atoms with Crippen LogP contribution in [0.2, 0.25) is 0 Å². The quantitative estimate of drug-likeness (QED) is 0.426. The molecule has 1 saturated heterocycles. The Morgan fingerprint density at radius 2 is 1.83 bits per heavy atom. The first-order chi connectivity index (χ1) is 16.4. The maximum atomic E-state index is 13.2. The maximum Gasteiger partial charge on any atom is 0.366 e. The van der Waals surface area contributed by atoms with Crippen molar-refractivity contribution in [3.05, 3.63) is 35.5 Å². The first kappa shape index (κ1) is 27.6. The first-order valence-corrected chi connectivity index (χ1v) is 13.5. The van der Waals surface area contributed by atoms with Crippen molar-refractivity contribution in [1.29, 1.82) is 0 Å². The molecular weight excluding hydrogens is 468 g/mol. The number of fused-ring (bicyclic) bond motifs is 1. The Balaban J connectivity index is 1.64. The predicted octanol–water partition coefficient (Wildman–Crippen LogP) is 1.98. The maximum absolute atomic E-state index is 13.2. The summed E-state index contributed by atoms with van der Waals surface area (Å²) in [5.41, 5.74) is 1.45. The smallest absolute Gasteiger partial charge is 0.366 e. The van der Waals surface area contributed by atoms with E-state index in [1.54, 1.807) is 26.1 Å². The molecule has 1 aromatic heterocycles. The van der Waals surface area contributed by atoms with Crippen molar-refractivity contribution in [2.75, 3.05) is 73.6 Å².